The Morgan fingerprint density at radius 1 is 1.38 bits per heavy atom. The van der Waals surface area contributed by atoms with Crippen LogP contribution in [0.2, 0.25) is 0 Å². The van der Waals surface area contributed by atoms with Crippen molar-refractivity contribution in [3.8, 4) is 0 Å². The molecule has 0 amide bonds. The SMILES string of the molecule is CC/C(=C\C(=O)O)c1nsc(NCC(C)(C)c2ccc(F)cc2)n1. The number of allylic oxidation sites excluding steroid dienone is 1. The van der Waals surface area contributed by atoms with E-state index in [1.54, 1.807) is 12.1 Å². The van der Waals surface area contributed by atoms with Crippen LogP contribution in [0.5, 0.6) is 0 Å². The molecule has 0 fully saturated rings. The average Bonchev–Trinajstić information content (AvgIpc) is 3.00. The van der Waals surface area contributed by atoms with Crippen LogP contribution in [-0.4, -0.2) is 27.0 Å². The first-order chi connectivity index (χ1) is 11.3. The normalized spacial score (nSPS) is 12.2. The molecule has 0 aliphatic heterocycles. The molecular formula is C17H20FN3O2S. The van der Waals surface area contributed by atoms with Crippen LogP contribution in [0, 0.1) is 5.82 Å². The number of aliphatic carboxylic acids is 1. The lowest BCUT2D eigenvalue weighted by atomic mass is 9.85. The number of rotatable bonds is 7. The Morgan fingerprint density at radius 3 is 2.62 bits per heavy atom. The maximum Gasteiger partial charge on any atom is 0.328 e. The average molecular weight is 349 g/mol. The van der Waals surface area contributed by atoms with Crippen molar-refractivity contribution in [2.24, 2.45) is 0 Å². The van der Waals surface area contributed by atoms with Gasteiger partial charge in [0.25, 0.3) is 0 Å². The molecule has 2 aromatic rings. The van der Waals surface area contributed by atoms with Crippen molar-refractivity contribution in [1.29, 1.82) is 0 Å². The van der Waals surface area contributed by atoms with E-state index in [1.165, 1.54) is 23.7 Å². The third-order valence-electron chi connectivity index (χ3n) is 3.70. The Kier molecular flexibility index (Phi) is 5.66. The lowest BCUT2D eigenvalue weighted by Gasteiger charge is -2.25. The van der Waals surface area contributed by atoms with Crippen LogP contribution in [-0.2, 0) is 10.2 Å². The molecule has 0 radical (unpaired) electrons. The second kappa shape index (κ2) is 7.53. The first-order valence-corrected chi connectivity index (χ1v) is 8.36. The molecule has 24 heavy (non-hydrogen) atoms. The van der Waals surface area contributed by atoms with Gasteiger partial charge in [-0.05, 0) is 24.1 Å². The van der Waals surface area contributed by atoms with Gasteiger partial charge < -0.3 is 10.4 Å². The first kappa shape index (κ1) is 18.1. The van der Waals surface area contributed by atoms with Crippen LogP contribution in [0.4, 0.5) is 9.52 Å². The molecule has 1 aromatic heterocycles. The molecule has 0 aliphatic rings. The fourth-order valence-corrected chi connectivity index (χ4v) is 2.79. The monoisotopic (exact) mass is 349 g/mol. The summed E-state index contributed by atoms with van der Waals surface area (Å²) in [6.45, 7) is 6.56. The van der Waals surface area contributed by atoms with Crippen molar-refractivity contribution >= 4 is 28.2 Å². The summed E-state index contributed by atoms with van der Waals surface area (Å²) in [6, 6.07) is 6.44. The number of carbonyl (C=O) groups is 1. The van der Waals surface area contributed by atoms with E-state index in [9.17, 15) is 9.18 Å². The summed E-state index contributed by atoms with van der Waals surface area (Å²) in [5.41, 5.74) is 1.38. The standard InChI is InChI=1S/C17H20FN3O2S/c1-4-11(9-14(22)23)15-20-16(24-21-15)19-10-17(2,3)12-5-7-13(18)8-6-12/h5-9H,4,10H2,1-3H3,(H,22,23)(H,19,20,21)/b11-9+. The van der Waals surface area contributed by atoms with Gasteiger partial charge in [0.1, 0.15) is 5.82 Å². The second-order valence-corrected chi connectivity index (χ2v) is 6.78. The Labute approximate surface area is 144 Å². The summed E-state index contributed by atoms with van der Waals surface area (Å²) >= 11 is 1.19. The second-order valence-electron chi connectivity index (χ2n) is 6.03. The number of carboxylic acids is 1. The van der Waals surface area contributed by atoms with E-state index >= 15 is 0 Å². The molecule has 2 rings (SSSR count). The highest BCUT2D eigenvalue weighted by atomic mass is 32.1. The largest absolute Gasteiger partial charge is 0.478 e. The number of anilines is 1. The number of halogens is 1. The van der Waals surface area contributed by atoms with Crippen molar-refractivity contribution in [2.45, 2.75) is 32.6 Å². The van der Waals surface area contributed by atoms with Gasteiger partial charge in [-0.2, -0.15) is 9.36 Å². The van der Waals surface area contributed by atoms with Gasteiger partial charge >= 0.3 is 5.97 Å². The van der Waals surface area contributed by atoms with E-state index < -0.39 is 5.97 Å². The van der Waals surface area contributed by atoms with Gasteiger partial charge in [-0.25, -0.2) is 9.18 Å². The highest BCUT2D eigenvalue weighted by Gasteiger charge is 2.21. The maximum atomic E-state index is 13.0. The van der Waals surface area contributed by atoms with Gasteiger partial charge in [0.2, 0.25) is 5.13 Å². The zero-order chi connectivity index (χ0) is 17.7. The zero-order valence-corrected chi connectivity index (χ0v) is 14.7. The molecule has 0 unspecified atom stereocenters. The molecule has 1 heterocycles. The summed E-state index contributed by atoms with van der Waals surface area (Å²) < 4.78 is 17.3. The number of nitrogens with one attached hydrogen (secondary N) is 1. The fraction of sp³-hybridized carbons (Fsp3) is 0.353. The van der Waals surface area contributed by atoms with Crippen molar-refractivity contribution in [3.63, 3.8) is 0 Å². The minimum absolute atomic E-state index is 0.218. The number of aromatic nitrogens is 2. The minimum atomic E-state index is -1.01. The highest BCUT2D eigenvalue weighted by Crippen LogP contribution is 2.25. The lowest BCUT2D eigenvalue weighted by molar-refractivity contribution is -0.131. The molecule has 128 valence electrons. The van der Waals surface area contributed by atoms with Crippen LogP contribution >= 0.6 is 11.5 Å². The molecule has 0 spiro atoms. The third-order valence-corrected chi connectivity index (χ3v) is 4.37. The number of nitrogens with zero attached hydrogens (tertiary/aromatic N) is 2. The van der Waals surface area contributed by atoms with E-state index in [1.807, 2.05) is 6.92 Å². The van der Waals surface area contributed by atoms with Gasteiger partial charge in [0.15, 0.2) is 5.82 Å². The minimum Gasteiger partial charge on any atom is -0.478 e. The molecule has 1 aromatic carbocycles. The van der Waals surface area contributed by atoms with Crippen LogP contribution in [0.3, 0.4) is 0 Å². The van der Waals surface area contributed by atoms with Gasteiger partial charge in [-0.1, -0.05) is 32.9 Å². The predicted octanol–water partition coefficient (Wildman–Crippen LogP) is 3.94. The number of carboxylic acid groups (broad SMARTS) is 1. The Balaban J connectivity index is 2.07. The summed E-state index contributed by atoms with van der Waals surface area (Å²) in [6.07, 6.45) is 1.68. The van der Waals surface area contributed by atoms with Crippen molar-refractivity contribution in [1.82, 2.24) is 9.36 Å². The molecule has 0 saturated heterocycles. The van der Waals surface area contributed by atoms with E-state index in [2.05, 4.69) is 28.5 Å². The maximum absolute atomic E-state index is 13.0. The molecule has 5 nitrogen and oxygen atoms in total. The van der Waals surface area contributed by atoms with Crippen molar-refractivity contribution in [2.75, 3.05) is 11.9 Å². The molecular weight excluding hydrogens is 329 g/mol. The van der Waals surface area contributed by atoms with Gasteiger partial charge in [-0.15, -0.1) is 0 Å². The smallest absolute Gasteiger partial charge is 0.328 e. The van der Waals surface area contributed by atoms with Crippen LogP contribution in [0.1, 0.15) is 38.6 Å². The van der Waals surface area contributed by atoms with Crippen molar-refractivity contribution in [3.05, 3.63) is 47.5 Å². The molecule has 0 aliphatic carbocycles. The summed E-state index contributed by atoms with van der Waals surface area (Å²) in [5.74, 6) is -0.825. The van der Waals surface area contributed by atoms with E-state index in [4.69, 9.17) is 5.11 Å². The van der Waals surface area contributed by atoms with E-state index in [-0.39, 0.29) is 11.2 Å². The molecule has 2 N–H and O–H groups in total. The summed E-state index contributed by atoms with van der Waals surface area (Å²) in [4.78, 5) is 15.2. The van der Waals surface area contributed by atoms with Crippen LogP contribution in [0.15, 0.2) is 30.3 Å². The van der Waals surface area contributed by atoms with Gasteiger partial charge in [-0.3, -0.25) is 0 Å². The lowest BCUT2D eigenvalue weighted by Crippen LogP contribution is -2.27. The van der Waals surface area contributed by atoms with Crippen LogP contribution < -0.4 is 5.32 Å². The quantitative estimate of drug-likeness (QED) is 0.741. The van der Waals surface area contributed by atoms with Crippen LogP contribution in [0.25, 0.3) is 5.57 Å². The molecule has 7 heteroatoms. The molecule has 0 atom stereocenters. The Bertz CT molecular complexity index is 739. The predicted molar refractivity (Wildman–Crippen MR) is 93.7 cm³/mol. The fourth-order valence-electron chi connectivity index (χ4n) is 2.20. The molecule has 0 bridgehead atoms. The number of hydrogen-bond donors (Lipinski definition) is 2. The highest BCUT2D eigenvalue weighted by molar-refractivity contribution is 7.09. The van der Waals surface area contributed by atoms with E-state index in [0.717, 1.165) is 11.6 Å². The van der Waals surface area contributed by atoms with Gasteiger partial charge in [0, 0.05) is 35.1 Å². The topological polar surface area (TPSA) is 75.1 Å². The summed E-state index contributed by atoms with van der Waals surface area (Å²) in [5, 5.41) is 12.7. The Morgan fingerprint density at radius 2 is 2.04 bits per heavy atom. The van der Waals surface area contributed by atoms with Crippen molar-refractivity contribution < 1.29 is 14.3 Å². The van der Waals surface area contributed by atoms with Gasteiger partial charge in [0.05, 0.1) is 0 Å². The zero-order valence-electron chi connectivity index (χ0n) is 13.8. The molecule has 0 saturated carbocycles. The third kappa shape index (κ3) is 4.61. The number of hydrogen-bond acceptors (Lipinski definition) is 5. The number of benzene rings is 1. The summed E-state index contributed by atoms with van der Waals surface area (Å²) in [7, 11) is 0. The Hall–Kier alpha value is -2.28. The van der Waals surface area contributed by atoms with E-state index in [0.29, 0.717) is 29.5 Å². The first-order valence-electron chi connectivity index (χ1n) is 7.59.